The maximum Gasteiger partial charge on any atom is 0.130 e. The molecule has 0 aliphatic rings. The molecule has 4 nitrogen and oxygen atoms in total. The minimum atomic E-state index is -0.445. The molecule has 4 N–H and O–H groups in total. The van der Waals surface area contributed by atoms with Crippen LogP contribution in [0.4, 0.5) is 4.39 Å². The minimum Gasteiger partial charge on any atom is -0.489 e. The van der Waals surface area contributed by atoms with Gasteiger partial charge in [-0.15, -0.1) is 0 Å². The van der Waals surface area contributed by atoms with Crippen LogP contribution in [0.25, 0.3) is 0 Å². The quantitative estimate of drug-likeness (QED) is 0.563. The Morgan fingerprint density at radius 3 is 2.48 bits per heavy atom. The maximum absolute atomic E-state index is 13.8. The van der Waals surface area contributed by atoms with Crippen molar-refractivity contribution in [1.29, 1.82) is 5.41 Å². The number of halogens is 1. The second kappa shape index (κ2) is 6.85. The van der Waals surface area contributed by atoms with Crippen LogP contribution in [0.1, 0.15) is 16.7 Å². The summed E-state index contributed by atoms with van der Waals surface area (Å²) >= 11 is 0. The average molecular weight is 288 g/mol. The van der Waals surface area contributed by atoms with Crippen molar-refractivity contribution in [2.45, 2.75) is 13.0 Å². The molecule has 5 heteroatoms. The second-order valence-electron chi connectivity index (χ2n) is 4.63. The first-order valence-electron chi connectivity index (χ1n) is 6.55. The van der Waals surface area contributed by atoms with Gasteiger partial charge in [-0.3, -0.25) is 5.41 Å². The molecule has 21 heavy (non-hydrogen) atoms. The van der Waals surface area contributed by atoms with Crippen LogP contribution >= 0.6 is 0 Å². The Kier molecular flexibility index (Phi) is 4.90. The van der Waals surface area contributed by atoms with E-state index >= 15 is 0 Å². The standard InChI is InChI=1S/C16H17FN2O2/c17-15-9-12(16(18)19)3-4-13(15)10-21-14-5-1-11(2-6-14)7-8-20/h1-6,9,20H,7-8,10H2,(H3,18,19). The third kappa shape index (κ3) is 4.03. The molecule has 0 unspecified atom stereocenters. The molecule has 0 amide bonds. The average Bonchev–Trinajstić information content (AvgIpc) is 2.47. The van der Waals surface area contributed by atoms with Crippen molar-refractivity contribution >= 4 is 5.84 Å². The Hall–Kier alpha value is -2.40. The van der Waals surface area contributed by atoms with Gasteiger partial charge in [0.2, 0.25) is 0 Å². The van der Waals surface area contributed by atoms with Crippen LogP contribution in [-0.2, 0) is 13.0 Å². The number of hydrogen-bond donors (Lipinski definition) is 3. The fourth-order valence-electron chi connectivity index (χ4n) is 1.87. The van der Waals surface area contributed by atoms with Crippen LogP contribution in [0.3, 0.4) is 0 Å². The van der Waals surface area contributed by atoms with Crippen LogP contribution < -0.4 is 10.5 Å². The third-order valence-electron chi connectivity index (χ3n) is 3.08. The van der Waals surface area contributed by atoms with Crippen molar-refractivity contribution in [1.82, 2.24) is 0 Å². The van der Waals surface area contributed by atoms with Crippen LogP contribution in [0.5, 0.6) is 5.75 Å². The van der Waals surface area contributed by atoms with Gasteiger partial charge in [0.15, 0.2) is 0 Å². The molecule has 0 fully saturated rings. The Morgan fingerprint density at radius 2 is 1.90 bits per heavy atom. The van der Waals surface area contributed by atoms with Crippen LogP contribution in [0.2, 0.25) is 0 Å². The summed E-state index contributed by atoms with van der Waals surface area (Å²) < 4.78 is 19.3. The fraction of sp³-hybridized carbons (Fsp3) is 0.188. The Morgan fingerprint density at radius 1 is 1.19 bits per heavy atom. The van der Waals surface area contributed by atoms with Gasteiger partial charge in [0.1, 0.15) is 24.0 Å². The Bertz CT molecular complexity index is 627. The van der Waals surface area contributed by atoms with Crippen LogP contribution in [-0.4, -0.2) is 17.5 Å². The summed E-state index contributed by atoms with van der Waals surface area (Å²) in [5, 5.41) is 16.1. The molecule has 2 aromatic carbocycles. The van der Waals surface area contributed by atoms with E-state index in [4.69, 9.17) is 21.0 Å². The molecule has 0 spiro atoms. The minimum absolute atomic E-state index is 0.101. The molecular formula is C16H17FN2O2. The Balaban J connectivity index is 2.01. The van der Waals surface area contributed by atoms with Gasteiger partial charge in [-0.1, -0.05) is 24.3 Å². The lowest BCUT2D eigenvalue weighted by Crippen LogP contribution is -2.12. The molecule has 0 saturated heterocycles. The topological polar surface area (TPSA) is 79.3 Å². The molecule has 0 aromatic heterocycles. The highest BCUT2D eigenvalue weighted by molar-refractivity contribution is 5.94. The van der Waals surface area contributed by atoms with E-state index in [1.54, 1.807) is 24.3 Å². The number of nitrogens with one attached hydrogen (secondary N) is 1. The summed E-state index contributed by atoms with van der Waals surface area (Å²) in [6.45, 7) is 0.206. The van der Waals surface area contributed by atoms with Gasteiger partial charge in [0, 0.05) is 17.7 Å². The van der Waals surface area contributed by atoms with E-state index in [1.807, 2.05) is 12.1 Å². The van der Waals surface area contributed by atoms with E-state index in [1.165, 1.54) is 6.07 Å². The first kappa shape index (κ1) is 15.0. The third-order valence-corrected chi connectivity index (χ3v) is 3.08. The van der Waals surface area contributed by atoms with Crippen molar-refractivity contribution in [2.24, 2.45) is 5.73 Å². The predicted molar refractivity (Wildman–Crippen MR) is 79.0 cm³/mol. The molecule has 0 radical (unpaired) electrons. The number of nitrogens with two attached hydrogens (primary N) is 1. The highest BCUT2D eigenvalue weighted by atomic mass is 19.1. The summed E-state index contributed by atoms with van der Waals surface area (Å²) in [4.78, 5) is 0. The molecule has 110 valence electrons. The lowest BCUT2D eigenvalue weighted by Gasteiger charge is -2.09. The zero-order chi connectivity index (χ0) is 15.2. The molecule has 0 saturated carbocycles. The molecule has 0 aliphatic heterocycles. The number of aliphatic hydroxyl groups excluding tert-OH is 1. The molecule has 0 atom stereocenters. The first-order chi connectivity index (χ1) is 10.1. The van der Waals surface area contributed by atoms with Gasteiger partial charge in [-0.25, -0.2) is 4.39 Å². The molecule has 2 rings (SSSR count). The summed E-state index contributed by atoms with van der Waals surface area (Å²) in [6, 6.07) is 11.7. The molecule has 0 aliphatic carbocycles. The highest BCUT2D eigenvalue weighted by Gasteiger charge is 2.06. The predicted octanol–water partition coefficient (Wildman–Crippen LogP) is 2.22. The van der Waals surface area contributed by atoms with Gasteiger partial charge in [-0.05, 0) is 30.2 Å². The second-order valence-corrected chi connectivity index (χ2v) is 4.63. The SMILES string of the molecule is N=C(N)c1ccc(COc2ccc(CCO)cc2)c(F)c1. The normalized spacial score (nSPS) is 10.4. The maximum atomic E-state index is 13.8. The highest BCUT2D eigenvalue weighted by Crippen LogP contribution is 2.16. The number of benzene rings is 2. The zero-order valence-electron chi connectivity index (χ0n) is 11.5. The summed E-state index contributed by atoms with van der Waals surface area (Å²) in [6.07, 6.45) is 0.599. The monoisotopic (exact) mass is 288 g/mol. The van der Waals surface area contributed by atoms with E-state index in [9.17, 15) is 4.39 Å². The molecule has 2 aromatic rings. The van der Waals surface area contributed by atoms with E-state index in [0.29, 0.717) is 23.3 Å². The summed E-state index contributed by atoms with van der Waals surface area (Å²) in [5.74, 6) is 0.0205. The molecule has 0 heterocycles. The van der Waals surface area contributed by atoms with E-state index < -0.39 is 5.82 Å². The largest absolute Gasteiger partial charge is 0.489 e. The van der Waals surface area contributed by atoms with Gasteiger partial charge in [-0.2, -0.15) is 0 Å². The van der Waals surface area contributed by atoms with E-state index in [-0.39, 0.29) is 19.0 Å². The number of rotatable bonds is 6. The van der Waals surface area contributed by atoms with Crippen LogP contribution in [0, 0.1) is 11.2 Å². The smallest absolute Gasteiger partial charge is 0.130 e. The van der Waals surface area contributed by atoms with Crippen molar-refractivity contribution in [3.8, 4) is 5.75 Å². The van der Waals surface area contributed by atoms with E-state index in [2.05, 4.69) is 0 Å². The van der Waals surface area contributed by atoms with Crippen molar-refractivity contribution in [3.63, 3.8) is 0 Å². The Labute approximate surface area is 122 Å². The van der Waals surface area contributed by atoms with Crippen molar-refractivity contribution in [2.75, 3.05) is 6.61 Å². The molecular weight excluding hydrogens is 271 g/mol. The number of ether oxygens (including phenoxy) is 1. The van der Waals surface area contributed by atoms with E-state index in [0.717, 1.165) is 5.56 Å². The van der Waals surface area contributed by atoms with Crippen LogP contribution in [0.15, 0.2) is 42.5 Å². The number of amidine groups is 1. The lowest BCUT2D eigenvalue weighted by atomic mass is 10.1. The van der Waals surface area contributed by atoms with Crippen molar-refractivity contribution < 1.29 is 14.2 Å². The zero-order valence-corrected chi connectivity index (χ0v) is 11.5. The number of aliphatic hydroxyl groups is 1. The summed E-state index contributed by atoms with van der Waals surface area (Å²) in [7, 11) is 0. The van der Waals surface area contributed by atoms with Gasteiger partial charge < -0.3 is 15.6 Å². The van der Waals surface area contributed by atoms with Gasteiger partial charge in [0.05, 0.1) is 0 Å². The van der Waals surface area contributed by atoms with Crippen molar-refractivity contribution in [3.05, 3.63) is 65.0 Å². The van der Waals surface area contributed by atoms with Gasteiger partial charge >= 0.3 is 0 Å². The first-order valence-corrected chi connectivity index (χ1v) is 6.55. The summed E-state index contributed by atoms with van der Waals surface area (Å²) in [5.41, 5.74) is 7.07. The lowest BCUT2D eigenvalue weighted by molar-refractivity contribution is 0.296. The number of nitrogen functional groups attached to an aromatic ring is 1. The fourth-order valence-corrected chi connectivity index (χ4v) is 1.87. The molecule has 0 bridgehead atoms. The number of hydrogen-bond acceptors (Lipinski definition) is 3. The van der Waals surface area contributed by atoms with Gasteiger partial charge in [0.25, 0.3) is 0 Å².